The van der Waals surface area contributed by atoms with Crippen LogP contribution in [0, 0.1) is 5.92 Å². The fourth-order valence-electron chi connectivity index (χ4n) is 2.10. The lowest BCUT2D eigenvalue weighted by Crippen LogP contribution is -2.31. The van der Waals surface area contributed by atoms with Gasteiger partial charge < -0.3 is 10.4 Å². The van der Waals surface area contributed by atoms with Crippen LogP contribution in [0.2, 0.25) is 0 Å². The van der Waals surface area contributed by atoms with E-state index in [1.165, 1.54) is 0 Å². The average Bonchev–Trinajstić information content (AvgIpc) is 2.30. The quantitative estimate of drug-likeness (QED) is 0.866. The SMILES string of the molecule is Cl.O=C(O)C1CCCC(Nc2ncccn2)C1. The summed E-state index contributed by atoms with van der Waals surface area (Å²) in [4.78, 5) is 19.0. The third kappa shape index (κ3) is 3.85. The monoisotopic (exact) mass is 257 g/mol. The molecule has 0 amide bonds. The number of anilines is 1. The number of rotatable bonds is 3. The summed E-state index contributed by atoms with van der Waals surface area (Å²) in [6.45, 7) is 0. The van der Waals surface area contributed by atoms with Gasteiger partial charge in [-0.05, 0) is 25.3 Å². The second kappa shape index (κ2) is 6.39. The molecule has 1 aromatic heterocycles. The Morgan fingerprint density at radius 2 is 2.06 bits per heavy atom. The normalized spacial score (nSPS) is 23.5. The fraction of sp³-hybridized carbons (Fsp3) is 0.545. The van der Waals surface area contributed by atoms with Gasteiger partial charge in [0.1, 0.15) is 0 Å². The number of aromatic nitrogens is 2. The Balaban J connectivity index is 0.00000144. The van der Waals surface area contributed by atoms with Crippen LogP contribution in [0.1, 0.15) is 25.7 Å². The molecule has 0 saturated heterocycles. The molecule has 0 aromatic carbocycles. The lowest BCUT2D eigenvalue weighted by Gasteiger charge is -2.27. The van der Waals surface area contributed by atoms with Gasteiger partial charge in [-0.1, -0.05) is 6.42 Å². The van der Waals surface area contributed by atoms with Crippen LogP contribution < -0.4 is 5.32 Å². The number of carboxylic acid groups (broad SMARTS) is 1. The zero-order valence-electron chi connectivity index (χ0n) is 9.37. The molecule has 94 valence electrons. The number of carbonyl (C=O) groups is 1. The Kier molecular flexibility index (Phi) is 5.15. The zero-order valence-corrected chi connectivity index (χ0v) is 10.2. The van der Waals surface area contributed by atoms with E-state index in [1.807, 2.05) is 0 Å². The number of nitrogens with one attached hydrogen (secondary N) is 1. The maximum atomic E-state index is 10.9. The first kappa shape index (κ1) is 13.7. The predicted octanol–water partition coefficient (Wildman–Crippen LogP) is 1.95. The van der Waals surface area contributed by atoms with E-state index in [4.69, 9.17) is 5.11 Å². The third-order valence-electron chi connectivity index (χ3n) is 2.92. The van der Waals surface area contributed by atoms with Crippen molar-refractivity contribution in [2.45, 2.75) is 31.7 Å². The highest BCUT2D eigenvalue weighted by Gasteiger charge is 2.27. The highest BCUT2D eigenvalue weighted by Crippen LogP contribution is 2.25. The molecule has 1 aromatic rings. The van der Waals surface area contributed by atoms with Crippen LogP contribution in [-0.4, -0.2) is 27.1 Å². The van der Waals surface area contributed by atoms with Crippen LogP contribution in [0.25, 0.3) is 0 Å². The van der Waals surface area contributed by atoms with Gasteiger partial charge in [0, 0.05) is 18.4 Å². The van der Waals surface area contributed by atoms with Crippen molar-refractivity contribution >= 4 is 24.3 Å². The second-order valence-electron chi connectivity index (χ2n) is 4.12. The van der Waals surface area contributed by atoms with Crippen molar-refractivity contribution in [1.82, 2.24) is 9.97 Å². The number of aliphatic carboxylic acids is 1. The van der Waals surface area contributed by atoms with E-state index in [2.05, 4.69) is 15.3 Å². The van der Waals surface area contributed by atoms with Crippen molar-refractivity contribution in [3.8, 4) is 0 Å². The molecule has 1 aliphatic rings. The molecule has 2 N–H and O–H groups in total. The molecular formula is C11H16ClN3O2. The Hall–Kier alpha value is -1.36. The number of halogens is 1. The maximum Gasteiger partial charge on any atom is 0.306 e. The van der Waals surface area contributed by atoms with Crippen LogP contribution in [-0.2, 0) is 4.79 Å². The molecule has 17 heavy (non-hydrogen) atoms. The minimum atomic E-state index is -0.694. The van der Waals surface area contributed by atoms with Crippen molar-refractivity contribution in [3.63, 3.8) is 0 Å². The molecule has 2 atom stereocenters. The molecule has 2 rings (SSSR count). The van der Waals surface area contributed by atoms with E-state index in [1.54, 1.807) is 18.5 Å². The summed E-state index contributed by atoms with van der Waals surface area (Å²) in [6, 6.07) is 1.93. The van der Waals surface area contributed by atoms with E-state index in [-0.39, 0.29) is 24.4 Å². The molecule has 0 aliphatic heterocycles. The molecule has 1 fully saturated rings. The summed E-state index contributed by atoms with van der Waals surface area (Å²) in [5.41, 5.74) is 0. The minimum absolute atomic E-state index is 0. The maximum absolute atomic E-state index is 10.9. The zero-order chi connectivity index (χ0) is 11.4. The topological polar surface area (TPSA) is 75.1 Å². The van der Waals surface area contributed by atoms with Gasteiger partial charge in [0.05, 0.1) is 5.92 Å². The number of hydrogen-bond acceptors (Lipinski definition) is 4. The summed E-state index contributed by atoms with van der Waals surface area (Å²) in [6.07, 6.45) is 6.72. The molecule has 6 heteroatoms. The smallest absolute Gasteiger partial charge is 0.306 e. The summed E-state index contributed by atoms with van der Waals surface area (Å²) in [7, 11) is 0. The van der Waals surface area contributed by atoms with E-state index in [0.29, 0.717) is 12.4 Å². The lowest BCUT2D eigenvalue weighted by molar-refractivity contribution is -0.142. The van der Waals surface area contributed by atoms with Gasteiger partial charge in [-0.3, -0.25) is 4.79 Å². The van der Waals surface area contributed by atoms with Gasteiger partial charge in [-0.2, -0.15) is 0 Å². The standard InChI is InChI=1S/C11H15N3O2.ClH/c15-10(16)8-3-1-4-9(7-8)14-11-12-5-2-6-13-11;/h2,5-6,8-9H,1,3-4,7H2,(H,15,16)(H,12,13,14);1H. The molecule has 2 unspecified atom stereocenters. The summed E-state index contributed by atoms with van der Waals surface area (Å²) in [5, 5.41) is 12.1. The van der Waals surface area contributed by atoms with Crippen molar-refractivity contribution in [3.05, 3.63) is 18.5 Å². The molecule has 1 heterocycles. The number of hydrogen-bond donors (Lipinski definition) is 2. The molecule has 1 aliphatic carbocycles. The molecule has 5 nitrogen and oxygen atoms in total. The Bertz CT molecular complexity index is 361. The van der Waals surface area contributed by atoms with Crippen molar-refractivity contribution in [2.75, 3.05) is 5.32 Å². The molecule has 1 saturated carbocycles. The van der Waals surface area contributed by atoms with Gasteiger partial charge in [0.25, 0.3) is 0 Å². The minimum Gasteiger partial charge on any atom is -0.481 e. The lowest BCUT2D eigenvalue weighted by atomic mass is 9.86. The van der Waals surface area contributed by atoms with E-state index < -0.39 is 5.97 Å². The largest absolute Gasteiger partial charge is 0.481 e. The second-order valence-corrected chi connectivity index (χ2v) is 4.12. The van der Waals surface area contributed by atoms with Crippen LogP contribution in [0.15, 0.2) is 18.5 Å². The first-order chi connectivity index (χ1) is 7.75. The van der Waals surface area contributed by atoms with Crippen LogP contribution in [0.3, 0.4) is 0 Å². The third-order valence-corrected chi connectivity index (χ3v) is 2.92. The van der Waals surface area contributed by atoms with E-state index >= 15 is 0 Å². The Morgan fingerprint density at radius 3 is 2.71 bits per heavy atom. The van der Waals surface area contributed by atoms with Crippen molar-refractivity contribution < 1.29 is 9.90 Å². The van der Waals surface area contributed by atoms with Gasteiger partial charge in [0.2, 0.25) is 5.95 Å². The van der Waals surface area contributed by atoms with Crippen LogP contribution >= 0.6 is 12.4 Å². The average molecular weight is 258 g/mol. The Morgan fingerprint density at radius 1 is 1.35 bits per heavy atom. The van der Waals surface area contributed by atoms with Gasteiger partial charge >= 0.3 is 5.97 Å². The van der Waals surface area contributed by atoms with Crippen LogP contribution in [0.5, 0.6) is 0 Å². The molecule has 0 radical (unpaired) electrons. The van der Waals surface area contributed by atoms with Gasteiger partial charge in [0.15, 0.2) is 0 Å². The highest BCUT2D eigenvalue weighted by molar-refractivity contribution is 5.85. The van der Waals surface area contributed by atoms with Gasteiger partial charge in [-0.15, -0.1) is 12.4 Å². The molecule has 0 bridgehead atoms. The summed E-state index contributed by atoms with van der Waals surface area (Å²) >= 11 is 0. The molecular weight excluding hydrogens is 242 g/mol. The summed E-state index contributed by atoms with van der Waals surface area (Å²) < 4.78 is 0. The summed E-state index contributed by atoms with van der Waals surface area (Å²) in [5.74, 6) is -0.339. The highest BCUT2D eigenvalue weighted by atomic mass is 35.5. The van der Waals surface area contributed by atoms with Gasteiger partial charge in [-0.25, -0.2) is 9.97 Å². The van der Waals surface area contributed by atoms with E-state index in [0.717, 1.165) is 19.3 Å². The number of nitrogens with zero attached hydrogens (tertiary/aromatic N) is 2. The first-order valence-electron chi connectivity index (χ1n) is 5.52. The predicted molar refractivity (Wildman–Crippen MR) is 66.3 cm³/mol. The van der Waals surface area contributed by atoms with Crippen molar-refractivity contribution in [2.24, 2.45) is 5.92 Å². The number of carboxylic acids is 1. The fourth-order valence-corrected chi connectivity index (χ4v) is 2.10. The Labute approximate surface area is 106 Å². The first-order valence-corrected chi connectivity index (χ1v) is 5.52. The van der Waals surface area contributed by atoms with E-state index in [9.17, 15) is 4.79 Å². The van der Waals surface area contributed by atoms with Crippen LogP contribution in [0.4, 0.5) is 5.95 Å². The van der Waals surface area contributed by atoms with Crippen molar-refractivity contribution in [1.29, 1.82) is 0 Å². The molecule has 0 spiro atoms.